The van der Waals surface area contributed by atoms with Gasteiger partial charge in [0.2, 0.25) is 0 Å². The van der Waals surface area contributed by atoms with Crippen LogP contribution in [-0.4, -0.2) is 12.3 Å². The van der Waals surface area contributed by atoms with Gasteiger partial charge in [-0.05, 0) is 50.4 Å². The molecule has 0 aromatic heterocycles. The van der Waals surface area contributed by atoms with Gasteiger partial charge in [-0.2, -0.15) is 0 Å². The predicted octanol–water partition coefficient (Wildman–Crippen LogP) is 3.54. The minimum Gasteiger partial charge on any atom is -0.329 e. The molecule has 0 saturated heterocycles. The molecule has 0 heterocycles. The highest BCUT2D eigenvalue weighted by atomic mass is 16.1. The largest absolute Gasteiger partial charge is 0.329 e. The quantitative estimate of drug-likeness (QED) is 0.833. The highest BCUT2D eigenvalue weighted by Gasteiger charge is 2.43. The van der Waals surface area contributed by atoms with Crippen molar-refractivity contribution in [1.29, 1.82) is 0 Å². The molecular formula is C16H29NO. The van der Waals surface area contributed by atoms with Crippen molar-refractivity contribution in [1.82, 2.24) is 0 Å². The summed E-state index contributed by atoms with van der Waals surface area (Å²) < 4.78 is 0. The van der Waals surface area contributed by atoms with Gasteiger partial charge >= 0.3 is 0 Å². The molecule has 0 amide bonds. The number of Topliss-reactive ketones (excluding diaryl/α,β-unsaturated/α-hetero) is 1. The molecule has 2 nitrogen and oxygen atoms in total. The van der Waals surface area contributed by atoms with Crippen LogP contribution < -0.4 is 5.73 Å². The van der Waals surface area contributed by atoms with Gasteiger partial charge < -0.3 is 5.73 Å². The molecule has 0 radical (unpaired) electrons. The van der Waals surface area contributed by atoms with Crippen LogP contribution in [0.15, 0.2) is 0 Å². The number of carbonyl (C=O) groups excluding carboxylic acids is 1. The first-order valence-electron chi connectivity index (χ1n) is 7.82. The van der Waals surface area contributed by atoms with E-state index in [0.717, 1.165) is 37.5 Å². The average molecular weight is 251 g/mol. The molecule has 2 aliphatic carbocycles. The van der Waals surface area contributed by atoms with E-state index >= 15 is 0 Å². The smallest absolute Gasteiger partial charge is 0.143 e. The van der Waals surface area contributed by atoms with Crippen LogP contribution >= 0.6 is 0 Å². The average Bonchev–Trinajstić information content (AvgIpc) is 2.39. The van der Waals surface area contributed by atoms with Crippen molar-refractivity contribution in [2.75, 3.05) is 6.54 Å². The number of nitrogens with two attached hydrogens (primary N) is 1. The molecular weight excluding hydrogens is 222 g/mol. The summed E-state index contributed by atoms with van der Waals surface area (Å²) in [7, 11) is 0. The standard InChI is InChI=1S/C16H29NO/c1-12-6-8-16(11-17,9-7-12)15(18)14-5-3-4-13(2)10-14/h12-14H,3-11,17H2,1-2H3. The zero-order valence-corrected chi connectivity index (χ0v) is 12.1. The Bertz CT molecular complexity index is 291. The first-order valence-corrected chi connectivity index (χ1v) is 7.82. The Morgan fingerprint density at radius 2 is 1.78 bits per heavy atom. The van der Waals surface area contributed by atoms with Crippen LogP contribution in [0.4, 0.5) is 0 Å². The molecule has 2 rings (SSSR count). The maximum absolute atomic E-state index is 12.9. The number of rotatable bonds is 3. The number of carbonyl (C=O) groups is 1. The van der Waals surface area contributed by atoms with Gasteiger partial charge in [0.1, 0.15) is 5.78 Å². The number of hydrogen-bond donors (Lipinski definition) is 1. The van der Waals surface area contributed by atoms with Crippen LogP contribution in [0.25, 0.3) is 0 Å². The molecule has 2 unspecified atom stereocenters. The van der Waals surface area contributed by atoms with E-state index in [-0.39, 0.29) is 5.41 Å². The Kier molecular flexibility index (Phi) is 4.47. The fourth-order valence-electron chi connectivity index (χ4n) is 3.97. The minimum atomic E-state index is -0.158. The summed E-state index contributed by atoms with van der Waals surface area (Å²) in [4.78, 5) is 12.9. The van der Waals surface area contributed by atoms with Crippen molar-refractivity contribution in [2.45, 2.75) is 65.2 Å². The molecule has 18 heavy (non-hydrogen) atoms. The van der Waals surface area contributed by atoms with E-state index in [1.807, 2.05) is 0 Å². The first-order chi connectivity index (χ1) is 8.57. The molecule has 2 N–H and O–H groups in total. The lowest BCUT2D eigenvalue weighted by Crippen LogP contribution is -2.45. The van der Waals surface area contributed by atoms with Gasteiger partial charge in [0, 0.05) is 17.9 Å². The summed E-state index contributed by atoms with van der Waals surface area (Å²) in [6, 6.07) is 0. The van der Waals surface area contributed by atoms with Crippen LogP contribution in [-0.2, 0) is 4.79 Å². The van der Waals surface area contributed by atoms with Gasteiger partial charge in [0.05, 0.1) is 0 Å². The third-order valence-corrected chi connectivity index (χ3v) is 5.45. The normalized spacial score (nSPS) is 41.6. The van der Waals surface area contributed by atoms with Gasteiger partial charge in [-0.3, -0.25) is 4.79 Å². The molecule has 0 aromatic rings. The summed E-state index contributed by atoms with van der Waals surface area (Å²) in [5.74, 6) is 2.34. The Labute approximate surface area is 112 Å². The van der Waals surface area contributed by atoms with Crippen molar-refractivity contribution < 1.29 is 4.79 Å². The maximum Gasteiger partial charge on any atom is 0.143 e. The number of ketones is 1. The van der Waals surface area contributed by atoms with Gasteiger partial charge in [-0.1, -0.05) is 26.7 Å². The number of hydrogen-bond acceptors (Lipinski definition) is 2. The summed E-state index contributed by atoms with van der Waals surface area (Å²) in [5, 5.41) is 0. The van der Waals surface area contributed by atoms with E-state index in [2.05, 4.69) is 13.8 Å². The van der Waals surface area contributed by atoms with E-state index < -0.39 is 0 Å². The lowest BCUT2D eigenvalue weighted by atomic mass is 9.63. The van der Waals surface area contributed by atoms with Gasteiger partial charge in [0.25, 0.3) is 0 Å². The van der Waals surface area contributed by atoms with Crippen LogP contribution in [0, 0.1) is 23.2 Å². The summed E-state index contributed by atoms with van der Waals surface area (Å²) in [5.41, 5.74) is 5.85. The van der Waals surface area contributed by atoms with Crippen molar-refractivity contribution in [3.8, 4) is 0 Å². The van der Waals surface area contributed by atoms with Crippen LogP contribution in [0.1, 0.15) is 65.2 Å². The Hall–Kier alpha value is -0.370. The van der Waals surface area contributed by atoms with Crippen LogP contribution in [0.2, 0.25) is 0 Å². The molecule has 0 aromatic carbocycles. The van der Waals surface area contributed by atoms with Crippen molar-refractivity contribution in [3.05, 3.63) is 0 Å². The molecule has 0 spiro atoms. The zero-order valence-electron chi connectivity index (χ0n) is 12.1. The van der Waals surface area contributed by atoms with Crippen molar-refractivity contribution in [2.24, 2.45) is 28.9 Å². The van der Waals surface area contributed by atoms with E-state index in [1.54, 1.807) is 0 Å². The van der Waals surface area contributed by atoms with E-state index in [4.69, 9.17) is 5.73 Å². The topological polar surface area (TPSA) is 43.1 Å². The molecule has 2 saturated carbocycles. The molecule has 2 atom stereocenters. The second kappa shape index (κ2) is 5.73. The van der Waals surface area contributed by atoms with Gasteiger partial charge in [-0.15, -0.1) is 0 Å². The van der Waals surface area contributed by atoms with Crippen molar-refractivity contribution >= 4 is 5.78 Å². The fourth-order valence-corrected chi connectivity index (χ4v) is 3.97. The molecule has 2 heteroatoms. The van der Waals surface area contributed by atoms with Gasteiger partial charge in [0.15, 0.2) is 0 Å². The molecule has 0 bridgehead atoms. The third-order valence-electron chi connectivity index (χ3n) is 5.45. The maximum atomic E-state index is 12.9. The SMILES string of the molecule is CC1CCC(CN)(C(=O)C2CCCC(C)C2)CC1. The fraction of sp³-hybridized carbons (Fsp3) is 0.938. The molecule has 0 aliphatic heterocycles. The first kappa shape index (κ1) is 14.0. The van der Waals surface area contributed by atoms with E-state index in [0.29, 0.717) is 18.2 Å². The van der Waals surface area contributed by atoms with Crippen LogP contribution in [0.3, 0.4) is 0 Å². The monoisotopic (exact) mass is 251 g/mol. The van der Waals surface area contributed by atoms with Crippen LogP contribution in [0.5, 0.6) is 0 Å². The summed E-state index contributed by atoms with van der Waals surface area (Å²) >= 11 is 0. The summed E-state index contributed by atoms with van der Waals surface area (Å²) in [6.07, 6.45) is 9.20. The van der Waals surface area contributed by atoms with E-state index in [1.165, 1.54) is 25.7 Å². The third kappa shape index (κ3) is 2.79. The lowest BCUT2D eigenvalue weighted by molar-refractivity contribution is -0.136. The zero-order chi connectivity index (χ0) is 13.2. The lowest BCUT2D eigenvalue weighted by Gasteiger charge is -2.41. The van der Waals surface area contributed by atoms with E-state index in [9.17, 15) is 4.79 Å². The molecule has 2 aliphatic rings. The summed E-state index contributed by atoms with van der Waals surface area (Å²) in [6.45, 7) is 5.16. The minimum absolute atomic E-state index is 0.158. The Morgan fingerprint density at radius 3 is 2.33 bits per heavy atom. The predicted molar refractivity (Wildman–Crippen MR) is 75.2 cm³/mol. The van der Waals surface area contributed by atoms with Gasteiger partial charge in [-0.25, -0.2) is 0 Å². The Balaban J connectivity index is 2.05. The second-order valence-electron chi connectivity index (χ2n) is 7.00. The highest BCUT2D eigenvalue weighted by Crippen LogP contribution is 2.43. The molecule has 2 fully saturated rings. The highest BCUT2D eigenvalue weighted by molar-refractivity contribution is 5.87. The Morgan fingerprint density at radius 1 is 1.11 bits per heavy atom. The van der Waals surface area contributed by atoms with Crippen molar-refractivity contribution in [3.63, 3.8) is 0 Å². The second-order valence-corrected chi connectivity index (χ2v) is 7.00. The molecule has 104 valence electrons.